The zero-order valence-electron chi connectivity index (χ0n) is 18.3. The predicted molar refractivity (Wildman–Crippen MR) is 123 cm³/mol. The van der Waals surface area contributed by atoms with Crippen LogP contribution in [0.5, 0.6) is 5.75 Å². The fourth-order valence-electron chi connectivity index (χ4n) is 5.99. The minimum absolute atomic E-state index is 0.0673. The van der Waals surface area contributed by atoms with E-state index < -0.39 is 0 Å². The summed E-state index contributed by atoms with van der Waals surface area (Å²) in [5, 5.41) is 15.0. The molecule has 3 aliphatic rings. The van der Waals surface area contributed by atoms with E-state index in [9.17, 15) is 5.11 Å². The summed E-state index contributed by atoms with van der Waals surface area (Å²) in [6.07, 6.45) is 4.56. The zero-order valence-corrected chi connectivity index (χ0v) is 19.1. The van der Waals surface area contributed by atoms with Crippen molar-refractivity contribution in [3.8, 4) is 5.75 Å². The van der Waals surface area contributed by atoms with Crippen LogP contribution in [0.1, 0.15) is 35.1 Å². The lowest BCUT2D eigenvalue weighted by Crippen LogP contribution is -2.66. The highest BCUT2D eigenvalue weighted by Gasteiger charge is 2.53. The zero-order chi connectivity index (χ0) is 21.2. The number of fused-ring (bicyclic) bond motifs is 4. The third-order valence-electron chi connectivity index (χ3n) is 7.50. The third kappa shape index (κ3) is 3.13. The second kappa shape index (κ2) is 7.30. The molecule has 2 aromatic heterocycles. The lowest BCUT2D eigenvalue weighted by molar-refractivity contribution is -0.0113. The number of benzene rings is 1. The number of aromatic nitrogens is 2. The molecule has 0 amide bonds. The molecule has 3 aromatic rings. The van der Waals surface area contributed by atoms with Crippen molar-refractivity contribution < 1.29 is 9.84 Å². The van der Waals surface area contributed by atoms with E-state index in [0.717, 1.165) is 44.4 Å². The van der Waals surface area contributed by atoms with Crippen LogP contribution in [0.15, 0.2) is 29.8 Å². The summed E-state index contributed by atoms with van der Waals surface area (Å²) in [6.45, 7) is 5.32. The molecule has 1 aliphatic carbocycles. The molecule has 7 heteroatoms. The summed E-state index contributed by atoms with van der Waals surface area (Å²) >= 11 is 1.74. The van der Waals surface area contributed by atoms with Gasteiger partial charge >= 0.3 is 0 Å². The van der Waals surface area contributed by atoms with E-state index in [0.29, 0.717) is 0 Å². The molecule has 1 spiro atoms. The number of ether oxygens (including phenoxy) is 1. The normalized spacial score (nSPS) is 23.3. The van der Waals surface area contributed by atoms with Gasteiger partial charge in [0.25, 0.3) is 0 Å². The quantitative estimate of drug-likeness (QED) is 0.641. The van der Waals surface area contributed by atoms with E-state index >= 15 is 0 Å². The number of aliphatic hydroxyl groups excluding tert-OH is 1. The first-order valence-corrected chi connectivity index (χ1v) is 12.1. The number of nitrogens with zero attached hydrogens (tertiary/aromatic N) is 4. The largest absolute Gasteiger partial charge is 0.497 e. The molecule has 0 radical (unpaired) electrons. The van der Waals surface area contributed by atoms with Gasteiger partial charge in [-0.1, -0.05) is 0 Å². The Morgan fingerprint density at radius 1 is 1.26 bits per heavy atom. The van der Waals surface area contributed by atoms with Crippen LogP contribution in [-0.4, -0.2) is 64.4 Å². The van der Waals surface area contributed by atoms with E-state index in [1.54, 1.807) is 18.4 Å². The van der Waals surface area contributed by atoms with Crippen LogP contribution in [0.2, 0.25) is 0 Å². The van der Waals surface area contributed by atoms with Gasteiger partial charge in [-0.05, 0) is 36.5 Å². The Morgan fingerprint density at radius 3 is 2.77 bits per heavy atom. The van der Waals surface area contributed by atoms with Crippen molar-refractivity contribution >= 4 is 22.2 Å². The van der Waals surface area contributed by atoms with Gasteiger partial charge in [0.15, 0.2) is 0 Å². The molecule has 4 heterocycles. The molecule has 1 saturated carbocycles. The number of aryl methyl sites for hydroxylation is 1. The van der Waals surface area contributed by atoms with Gasteiger partial charge < -0.3 is 14.4 Å². The molecule has 2 fully saturated rings. The second-order valence-corrected chi connectivity index (χ2v) is 10.6. The van der Waals surface area contributed by atoms with Crippen molar-refractivity contribution in [1.29, 1.82) is 0 Å². The maximum atomic E-state index is 10.5. The molecule has 1 atom stereocenters. The van der Waals surface area contributed by atoms with Crippen LogP contribution < -0.4 is 4.74 Å². The smallest absolute Gasteiger partial charge is 0.120 e. The van der Waals surface area contributed by atoms with Gasteiger partial charge in [0.05, 0.1) is 31.8 Å². The lowest BCUT2D eigenvalue weighted by atomic mass is 9.68. The van der Waals surface area contributed by atoms with Crippen molar-refractivity contribution in [3.63, 3.8) is 0 Å². The Morgan fingerprint density at radius 2 is 2.10 bits per heavy atom. The predicted octanol–water partition coefficient (Wildman–Crippen LogP) is 3.16. The van der Waals surface area contributed by atoms with Gasteiger partial charge in [-0.3, -0.25) is 9.80 Å². The maximum absolute atomic E-state index is 10.5. The molecule has 31 heavy (non-hydrogen) atoms. The summed E-state index contributed by atoms with van der Waals surface area (Å²) in [5.41, 5.74) is 4.07. The molecule has 2 aliphatic heterocycles. The summed E-state index contributed by atoms with van der Waals surface area (Å²) in [6, 6.07) is 6.51. The number of methoxy groups -OCH3 is 1. The van der Waals surface area contributed by atoms with Gasteiger partial charge in [-0.25, -0.2) is 4.98 Å². The summed E-state index contributed by atoms with van der Waals surface area (Å²) in [4.78, 5) is 9.60. The number of likely N-dealkylation sites (tertiary alicyclic amines) is 1. The Kier molecular flexibility index (Phi) is 4.65. The number of rotatable bonds is 6. The number of thiazole rings is 1. The average molecular weight is 439 g/mol. The standard InChI is InChI=1S/C24H30N4O2S/c1-26-19-9-17(30-2)5-6-18(19)22-23(26)20(12-29)28(10-16-3-4-16)15-24(22)13-27(14-24)11-21-25-7-8-31-21/h5-9,16,20,29H,3-4,10-15H2,1-2H3/t20-/m0/s1. The van der Waals surface area contributed by atoms with E-state index in [4.69, 9.17) is 4.74 Å². The van der Waals surface area contributed by atoms with E-state index in [1.807, 2.05) is 6.20 Å². The molecule has 6 nitrogen and oxygen atoms in total. The molecular formula is C24H30N4O2S. The number of aliphatic hydroxyl groups is 1. The van der Waals surface area contributed by atoms with Crippen LogP contribution in [0, 0.1) is 5.92 Å². The topological polar surface area (TPSA) is 53.8 Å². The van der Waals surface area contributed by atoms with Crippen molar-refractivity contribution in [3.05, 3.63) is 46.0 Å². The van der Waals surface area contributed by atoms with Gasteiger partial charge in [-0.2, -0.15) is 0 Å². The first-order chi connectivity index (χ1) is 15.1. The van der Waals surface area contributed by atoms with E-state index in [1.165, 1.54) is 40.0 Å². The minimum Gasteiger partial charge on any atom is -0.497 e. The fourth-order valence-corrected chi connectivity index (χ4v) is 6.65. The van der Waals surface area contributed by atoms with E-state index in [-0.39, 0.29) is 18.1 Å². The first kappa shape index (κ1) is 19.7. The summed E-state index contributed by atoms with van der Waals surface area (Å²) < 4.78 is 7.84. The molecule has 6 rings (SSSR count). The van der Waals surface area contributed by atoms with Crippen LogP contribution in [-0.2, 0) is 19.0 Å². The van der Waals surface area contributed by atoms with Gasteiger partial charge in [0.2, 0.25) is 0 Å². The van der Waals surface area contributed by atoms with Crippen molar-refractivity contribution in [1.82, 2.24) is 19.4 Å². The van der Waals surface area contributed by atoms with Crippen LogP contribution in [0.3, 0.4) is 0 Å². The SMILES string of the molecule is COc1ccc2c3c(n(C)c2c1)[C@H](CO)N(CC1CC1)CC31CN(Cc2nccs2)C1. The molecule has 0 bridgehead atoms. The molecule has 1 aromatic carbocycles. The van der Waals surface area contributed by atoms with Crippen molar-refractivity contribution in [2.45, 2.75) is 30.8 Å². The second-order valence-electron chi connectivity index (χ2n) is 9.62. The Labute approximate surface area is 187 Å². The van der Waals surface area contributed by atoms with Crippen LogP contribution >= 0.6 is 11.3 Å². The summed E-state index contributed by atoms with van der Waals surface area (Å²) in [7, 11) is 3.88. The summed E-state index contributed by atoms with van der Waals surface area (Å²) in [5.74, 6) is 1.68. The number of hydrogen-bond acceptors (Lipinski definition) is 6. The maximum Gasteiger partial charge on any atom is 0.120 e. The Hall–Kier alpha value is -1.93. The lowest BCUT2D eigenvalue weighted by Gasteiger charge is -2.56. The Balaban J connectivity index is 1.44. The number of hydrogen-bond donors (Lipinski definition) is 1. The highest BCUT2D eigenvalue weighted by molar-refractivity contribution is 7.09. The molecule has 0 unspecified atom stereocenters. The fraction of sp³-hybridized carbons (Fsp3) is 0.542. The van der Waals surface area contributed by atoms with Gasteiger partial charge in [-0.15, -0.1) is 11.3 Å². The molecule has 1 saturated heterocycles. The van der Waals surface area contributed by atoms with Crippen molar-refractivity contribution in [2.75, 3.05) is 39.9 Å². The van der Waals surface area contributed by atoms with Gasteiger partial charge in [0, 0.05) is 67.4 Å². The first-order valence-electron chi connectivity index (χ1n) is 11.2. The van der Waals surface area contributed by atoms with Crippen LogP contribution in [0.25, 0.3) is 10.9 Å². The minimum atomic E-state index is 0.0673. The van der Waals surface area contributed by atoms with Crippen LogP contribution in [0.4, 0.5) is 0 Å². The average Bonchev–Trinajstić information content (AvgIpc) is 3.32. The highest BCUT2D eigenvalue weighted by atomic mass is 32.1. The molecule has 164 valence electrons. The Bertz CT molecular complexity index is 1100. The molecular weight excluding hydrogens is 408 g/mol. The van der Waals surface area contributed by atoms with E-state index in [2.05, 4.69) is 50.0 Å². The third-order valence-corrected chi connectivity index (χ3v) is 8.27. The van der Waals surface area contributed by atoms with Gasteiger partial charge in [0.1, 0.15) is 10.8 Å². The van der Waals surface area contributed by atoms with Crippen molar-refractivity contribution in [2.24, 2.45) is 13.0 Å². The monoisotopic (exact) mass is 438 g/mol. The molecule has 1 N–H and O–H groups in total. The highest BCUT2D eigenvalue weighted by Crippen LogP contribution is 2.50.